The lowest BCUT2D eigenvalue weighted by atomic mass is 9.82. The molecule has 9 heavy (non-hydrogen) atoms. The zero-order valence-corrected chi connectivity index (χ0v) is 5.77. The van der Waals surface area contributed by atoms with Crippen LogP contribution in [0.3, 0.4) is 0 Å². The van der Waals surface area contributed by atoms with E-state index in [9.17, 15) is 0 Å². The minimum Gasteiger partial charge on any atom is -0.0528 e. The van der Waals surface area contributed by atoms with Crippen molar-refractivity contribution in [2.75, 3.05) is 0 Å². The summed E-state index contributed by atoms with van der Waals surface area (Å²) in [6.07, 6.45) is 12.7. The summed E-state index contributed by atoms with van der Waals surface area (Å²) in [7, 11) is 0. The van der Waals surface area contributed by atoms with Gasteiger partial charge in [-0.05, 0) is 12.8 Å². The normalized spacial score (nSPS) is 40.0. The summed E-state index contributed by atoms with van der Waals surface area (Å²) in [6.45, 7) is 0. The van der Waals surface area contributed by atoms with Gasteiger partial charge in [-0.25, -0.2) is 0 Å². The molecule has 0 aromatic heterocycles. The molecule has 0 N–H and O–H groups in total. The summed E-state index contributed by atoms with van der Waals surface area (Å²) in [6, 6.07) is 0. The average molecular weight is 121 g/mol. The lowest BCUT2D eigenvalue weighted by Gasteiger charge is -2.19. The Labute approximate surface area is 57.0 Å². The predicted molar refractivity (Wildman–Crippen MR) is 37.9 cm³/mol. The maximum absolute atomic E-state index is 3.34. The molecule has 1 fully saturated rings. The Hall–Kier alpha value is -0.350. The minimum atomic E-state index is 0.929. The van der Waals surface area contributed by atoms with Crippen LogP contribution in [0, 0.1) is 17.9 Å². The minimum absolute atomic E-state index is 0.929. The molecule has 0 aliphatic heterocycles. The molecule has 0 aromatic carbocycles. The van der Waals surface area contributed by atoms with Gasteiger partial charge in [-0.2, -0.15) is 0 Å². The van der Waals surface area contributed by atoms with E-state index in [0.717, 1.165) is 11.8 Å². The van der Waals surface area contributed by atoms with E-state index < -0.39 is 0 Å². The lowest BCUT2D eigenvalue weighted by Crippen LogP contribution is -2.12. The first-order valence-corrected chi connectivity index (χ1v) is 4.03. The van der Waals surface area contributed by atoms with Gasteiger partial charge in [-0.15, -0.1) is 0 Å². The van der Waals surface area contributed by atoms with Crippen molar-refractivity contribution in [1.82, 2.24) is 0 Å². The molecule has 0 aromatic rings. The second-order valence-corrected chi connectivity index (χ2v) is 3.28. The summed E-state index contributed by atoms with van der Waals surface area (Å²) >= 11 is 0. The van der Waals surface area contributed by atoms with E-state index in [2.05, 4.69) is 12.2 Å². The monoisotopic (exact) mass is 121 g/mol. The molecule has 0 radical (unpaired) electrons. The first-order chi connectivity index (χ1) is 4.47. The summed E-state index contributed by atoms with van der Waals surface area (Å²) in [4.78, 5) is 0. The van der Waals surface area contributed by atoms with Crippen LogP contribution in [0.2, 0.25) is 0 Å². The van der Waals surface area contributed by atoms with Crippen LogP contribution in [0.5, 0.6) is 0 Å². The SMILES string of the molecule is [C+]1=CC2CCCCC2C1. The number of rotatable bonds is 0. The van der Waals surface area contributed by atoms with Crippen molar-refractivity contribution < 1.29 is 0 Å². The molecule has 0 amide bonds. The van der Waals surface area contributed by atoms with Crippen LogP contribution in [-0.4, -0.2) is 0 Å². The van der Waals surface area contributed by atoms with E-state index in [1.807, 2.05) is 0 Å². The van der Waals surface area contributed by atoms with Crippen molar-refractivity contribution in [3.63, 3.8) is 0 Å². The highest BCUT2D eigenvalue weighted by Gasteiger charge is 2.33. The molecule has 0 spiro atoms. The molecular weight excluding hydrogens is 108 g/mol. The molecule has 1 saturated carbocycles. The molecule has 2 rings (SSSR count). The zero-order valence-electron chi connectivity index (χ0n) is 5.77. The molecule has 2 unspecified atom stereocenters. The van der Waals surface area contributed by atoms with Gasteiger partial charge >= 0.3 is 0 Å². The Morgan fingerprint density at radius 2 is 2.11 bits per heavy atom. The van der Waals surface area contributed by atoms with Crippen LogP contribution in [0.1, 0.15) is 32.1 Å². The van der Waals surface area contributed by atoms with Gasteiger partial charge in [-0.1, -0.05) is 12.8 Å². The second kappa shape index (κ2) is 2.11. The lowest BCUT2D eigenvalue weighted by molar-refractivity contribution is 0.303. The van der Waals surface area contributed by atoms with Gasteiger partial charge in [-0.3, -0.25) is 0 Å². The Bertz CT molecular complexity index is 124. The van der Waals surface area contributed by atoms with E-state index >= 15 is 0 Å². The van der Waals surface area contributed by atoms with Crippen LogP contribution in [-0.2, 0) is 0 Å². The van der Waals surface area contributed by atoms with Gasteiger partial charge in [0.1, 0.15) is 0 Å². The number of fused-ring (bicyclic) bond motifs is 1. The second-order valence-electron chi connectivity index (χ2n) is 3.28. The van der Waals surface area contributed by atoms with Gasteiger partial charge in [0.15, 0.2) is 12.5 Å². The summed E-state index contributed by atoms with van der Waals surface area (Å²) in [5, 5.41) is 0. The van der Waals surface area contributed by atoms with Gasteiger partial charge in [0, 0.05) is 11.8 Å². The summed E-state index contributed by atoms with van der Waals surface area (Å²) < 4.78 is 0. The van der Waals surface area contributed by atoms with Crippen LogP contribution >= 0.6 is 0 Å². The standard InChI is InChI=1S/C9H13/c1-2-5-9-7-3-6-8(9)4-1/h6,8-9H,1-2,4-5,7H2/q+1. The van der Waals surface area contributed by atoms with Crippen molar-refractivity contribution in [1.29, 1.82) is 0 Å². The van der Waals surface area contributed by atoms with Gasteiger partial charge in [0.25, 0.3) is 0 Å². The zero-order chi connectivity index (χ0) is 6.10. The Balaban J connectivity index is 2.03. The maximum Gasteiger partial charge on any atom is 0.218 e. The van der Waals surface area contributed by atoms with Crippen LogP contribution in [0.15, 0.2) is 6.08 Å². The van der Waals surface area contributed by atoms with Crippen molar-refractivity contribution in [3.8, 4) is 0 Å². The molecule has 2 aliphatic carbocycles. The fourth-order valence-electron chi connectivity index (χ4n) is 2.08. The molecule has 0 bridgehead atoms. The van der Waals surface area contributed by atoms with Crippen LogP contribution < -0.4 is 0 Å². The first-order valence-electron chi connectivity index (χ1n) is 4.03. The Kier molecular flexibility index (Phi) is 1.28. The topological polar surface area (TPSA) is 0 Å². The van der Waals surface area contributed by atoms with Crippen LogP contribution in [0.25, 0.3) is 0 Å². The van der Waals surface area contributed by atoms with Gasteiger partial charge in [0.2, 0.25) is 6.08 Å². The third-order valence-electron chi connectivity index (χ3n) is 2.68. The van der Waals surface area contributed by atoms with E-state index in [-0.39, 0.29) is 0 Å². The van der Waals surface area contributed by atoms with Crippen molar-refractivity contribution >= 4 is 0 Å². The fraction of sp³-hybridized carbons (Fsp3) is 0.778. The van der Waals surface area contributed by atoms with E-state index in [4.69, 9.17) is 0 Å². The van der Waals surface area contributed by atoms with Crippen LogP contribution in [0.4, 0.5) is 0 Å². The first kappa shape index (κ1) is 5.44. The van der Waals surface area contributed by atoms with Gasteiger partial charge in [0.05, 0.1) is 0 Å². The quantitative estimate of drug-likeness (QED) is 0.432. The van der Waals surface area contributed by atoms with Crippen molar-refractivity contribution in [3.05, 3.63) is 12.2 Å². The molecule has 0 nitrogen and oxygen atoms in total. The fourth-order valence-corrected chi connectivity index (χ4v) is 2.08. The Morgan fingerprint density at radius 1 is 1.22 bits per heavy atom. The molecule has 0 heterocycles. The average Bonchev–Trinajstić information content (AvgIpc) is 2.33. The van der Waals surface area contributed by atoms with Crippen molar-refractivity contribution in [2.24, 2.45) is 11.8 Å². The smallest absolute Gasteiger partial charge is 0.0528 e. The highest BCUT2D eigenvalue weighted by Crippen LogP contribution is 2.36. The predicted octanol–water partition coefficient (Wildman–Crippen LogP) is 2.56. The third-order valence-corrected chi connectivity index (χ3v) is 2.68. The number of hydrogen-bond acceptors (Lipinski definition) is 0. The Morgan fingerprint density at radius 3 is 3.00 bits per heavy atom. The van der Waals surface area contributed by atoms with E-state index in [0.29, 0.717) is 0 Å². The summed E-state index contributed by atoms with van der Waals surface area (Å²) in [5.41, 5.74) is 0. The molecule has 2 aliphatic rings. The molecule has 48 valence electrons. The van der Waals surface area contributed by atoms with Gasteiger partial charge < -0.3 is 0 Å². The van der Waals surface area contributed by atoms with Crippen molar-refractivity contribution in [2.45, 2.75) is 32.1 Å². The van der Waals surface area contributed by atoms with E-state index in [1.165, 1.54) is 32.1 Å². The summed E-state index contributed by atoms with van der Waals surface area (Å²) in [5.74, 6) is 1.93. The number of hydrogen-bond donors (Lipinski definition) is 0. The number of allylic oxidation sites excluding steroid dienone is 2. The molecular formula is C9H13+. The largest absolute Gasteiger partial charge is 0.218 e. The highest BCUT2D eigenvalue weighted by atomic mass is 14.3. The molecule has 0 saturated heterocycles. The van der Waals surface area contributed by atoms with E-state index in [1.54, 1.807) is 0 Å². The highest BCUT2D eigenvalue weighted by molar-refractivity contribution is 4.97. The molecule has 2 atom stereocenters. The molecule has 0 heteroatoms. The third kappa shape index (κ3) is 0.881. The maximum atomic E-state index is 3.34.